The molecule has 0 aromatic heterocycles. The first-order valence-corrected chi connectivity index (χ1v) is 6.83. The van der Waals surface area contributed by atoms with Crippen LogP contribution < -0.4 is 10.1 Å². The Labute approximate surface area is 124 Å². The number of rotatable bonds is 6. The van der Waals surface area contributed by atoms with Crippen LogP contribution in [0.4, 0.5) is 5.69 Å². The van der Waals surface area contributed by atoms with Gasteiger partial charge in [0.1, 0.15) is 12.4 Å². The molecule has 0 aliphatic rings. The van der Waals surface area contributed by atoms with Crippen LogP contribution in [0, 0.1) is 11.3 Å². The Morgan fingerprint density at radius 3 is 2.67 bits per heavy atom. The summed E-state index contributed by atoms with van der Waals surface area (Å²) in [6.07, 6.45) is 0. The van der Waals surface area contributed by atoms with Crippen LogP contribution >= 0.6 is 0 Å². The van der Waals surface area contributed by atoms with Gasteiger partial charge in [0.15, 0.2) is 0 Å². The molecule has 1 atom stereocenters. The summed E-state index contributed by atoms with van der Waals surface area (Å²) in [5.41, 5.74) is 2.70. The molecule has 2 aromatic rings. The molecule has 0 saturated carbocycles. The zero-order valence-electron chi connectivity index (χ0n) is 11.9. The van der Waals surface area contributed by atoms with E-state index in [0.717, 1.165) is 17.0 Å². The van der Waals surface area contributed by atoms with Gasteiger partial charge < -0.3 is 15.2 Å². The number of hydrogen-bond acceptors (Lipinski definition) is 4. The summed E-state index contributed by atoms with van der Waals surface area (Å²) in [6, 6.07) is 17.4. The lowest BCUT2D eigenvalue weighted by Gasteiger charge is -2.16. The Bertz CT molecular complexity index is 617. The molecule has 2 N–H and O–H groups in total. The first kappa shape index (κ1) is 14.9. The minimum absolute atomic E-state index is 0.00622. The van der Waals surface area contributed by atoms with Crippen LogP contribution in [0.3, 0.4) is 0 Å². The summed E-state index contributed by atoms with van der Waals surface area (Å²) in [4.78, 5) is 0. The molecule has 4 heteroatoms. The molecular weight excluding hydrogens is 264 g/mol. The molecule has 1 unspecified atom stereocenters. The Kier molecular flexibility index (Phi) is 5.19. The Hall–Kier alpha value is -2.51. The monoisotopic (exact) mass is 282 g/mol. The lowest BCUT2D eigenvalue weighted by atomic mass is 10.1. The minimum Gasteiger partial charge on any atom is -0.491 e. The van der Waals surface area contributed by atoms with Crippen LogP contribution in [0.2, 0.25) is 0 Å². The second-order valence-electron chi connectivity index (χ2n) is 4.70. The lowest BCUT2D eigenvalue weighted by Crippen LogP contribution is -2.07. The number of nitrogens with zero attached hydrogens (tertiary/aromatic N) is 1. The molecule has 0 saturated heterocycles. The predicted octanol–water partition coefficient (Wildman–Crippen LogP) is 3.10. The molecule has 0 radical (unpaired) electrons. The molecule has 0 bridgehead atoms. The van der Waals surface area contributed by atoms with Crippen molar-refractivity contribution in [2.24, 2.45) is 0 Å². The van der Waals surface area contributed by atoms with Crippen molar-refractivity contribution in [3.8, 4) is 11.8 Å². The van der Waals surface area contributed by atoms with Gasteiger partial charge in [-0.05, 0) is 48.9 Å². The van der Waals surface area contributed by atoms with Crippen LogP contribution in [0.15, 0.2) is 48.5 Å². The summed E-state index contributed by atoms with van der Waals surface area (Å²) in [5, 5.41) is 21.0. The van der Waals surface area contributed by atoms with E-state index in [4.69, 9.17) is 15.1 Å². The molecule has 0 heterocycles. The normalized spacial score (nSPS) is 11.5. The van der Waals surface area contributed by atoms with Gasteiger partial charge in [-0.2, -0.15) is 5.26 Å². The van der Waals surface area contributed by atoms with Gasteiger partial charge in [0.05, 0.1) is 18.2 Å². The van der Waals surface area contributed by atoms with Crippen molar-refractivity contribution in [3.63, 3.8) is 0 Å². The minimum atomic E-state index is 0.00622. The number of ether oxygens (including phenoxy) is 1. The highest BCUT2D eigenvalue weighted by Gasteiger charge is 2.06. The van der Waals surface area contributed by atoms with Gasteiger partial charge in [0.2, 0.25) is 0 Å². The average molecular weight is 282 g/mol. The Morgan fingerprint density at radius 2 is 2.00 bits per heavy atom. The van der Waals surface area contributed by atoms with E-state index in [9.17, 15) is 0 Å². The van der Waals surface area contributed by atoms with E-state index >= 15 is 0 Å². The highest BCUT2D eigenvalue weighted by atomic mass is 16.5. The average Bonchev–Trinajstić information content (AvgIpc) is 2.54. The van der Waals surface area contributed by atoms with Gasteiger partial charge in [-0.25, -0.2) is 0 Å². The highest BCUT2D eigenvalue weighted by molar-refractivity contribution is 5.48. The van der Waals surface area contributed by atoms with E-state index in [1.54, 1.807) is 6.07 Å². The van der Waals surface area contributed by atoms with Crippen LogP contribution in [0.1, 0.15) is 24.1 Å². The third kappa shape index (κ3) is 4.23. The van der Waals surface area contributed by atoms with Gasteiger partial charge >= 0.3 is 0 Å². The van der Waals surface area contributed by atoms with Gasteiger partial charge in [0, 0.05) is 11.7 Å². The molecular formula is C17H18N2O2. The zero-order chi connectivity index (χ0) is 15.1. The van der Waals surface area contributed by atoms with E-state index in [-0.39, 0.29) is 12.6 Å². The van der Waals surface area contributed by atoms with Crippen molar-refractivity contribution in [1.29, 1.82) is 5.26 Å². The third-order valence-corrected chi connectivity index (χ3v) is 3.11. The second kappa shape index (κ2) is 7.32. The third-order valence-electron chi connectivity index (χ3n) is 3.11. The smallest absolute Gasteiger partial charge is 0.119 e. The summed E-state index contributed by atoms with van der Waals surface area (Å²) in [7, 11) is 0. The van der Waals surface area contributed by atoms with Crippen LogP contribution in [0.25, 0.3) is 0 Å². The fourth-order valence-electron chi connectivity index (χ4n) is 2.02. The predicted molar refractivity (Wildman–Crippen MR) is 82.2 cm³/mol. The molecule has 2 aromatic carbocycles. The van der Waals surface area contributed by atoms with Crippen LogP contribution in [-0.4, -0.2) is 18.3 Å². The number of benzene rings is 2. The van der Waals surface area contributed by atoms with E-state index in [1.165, 1.54) is 0 Å². The number of aliphatic hydroxyl groups excluding tert-OH is 1. The number of anilines is 1. The number of hydrogen-bond donors (Lipinski definition) is 2. The molecule has 21 heavy (non-hydrogen) atoms. The molecule has 0 aliphatic carbocycles. The van der Waals surface area contributed by atoms with Gasteiger partial charge in [-0.3, -0.25) is 0 Å². The number of aliphatic hydroxyl groups is 1. The molecule has 108 valence electrons. The topological polar surface area (TPSA) is 65.3 Å². The van der Waals surface area contributed by atoms with E-state index in [0.29, 0.717) is 12.2 Å². The summed E-state index contributed by atoms with van der Waals surface area (Å²) >= 11 is 0. The lowest BCUT2D eigenvalue weighted by molar-refractivity contribution is 0.201. The molecule has 0 fully saturated rings. The summed E-state index contributed by atoms with van der Waals surface area (Å²) in [6.45, 7) is 2.35. The van der Waals surface area contributed by atoms with Gasteiger partial charge in [0.25, 0.3) is 0 Å². The number of nitriles is 1. The van der Waals surface area contributed by atoms with Crippen molar-refractivity contribution in [2.75, 3.05) is 18.5 Å². The highest BCUT2D eigenvalue weighted by Crippen LogP contribution is 2.22. The Balaban J connectivity index is 2.01. The standard InChI is InChI=1S/C17H18N2O2/c1-13(15-4-2-3-14(11-15)12-18)19-16-5-7-17(8-6-16)21-10-9-20/h2-8,11,13,19-20H,9-10H2,1H3. The maximum atomic E-state index is 8.93. The van der Waals surface area contributed by atoms with Crippen molar-refractivity contribution in [3.05, 3.63) is 59.7 Å². The van der Waals surface area contributed by atoms with E-state index in [2.05, 4.69) is 11.4 Å². The van der Waals surface area contributed by atoms with Gasteiger partial charge in [-0.15, -0.1) is 0 Å². The quantitative estimate of drug-likeness (QED) is 0.854. The SMILES string of the molecule is CC(Nc1ccc(OCCO)cc1)c1cccc(C#N)c1. The summed E-state index contributed by atoms with van der Waals surface area (Å²) in [5.74, 6) is 0.730. The Morgan fingerprint density at radius 1 is 1.24 bits per heavy atom. The van der Waals surface area contributed by atoms with Crippen molar-refractivity contribution in [2.45, 2.75) is 13.0 Å². The van der Waals surface area contributed by atoms with Crippen molar-refractivity contribution < 1.29 is 9.84 Å². The van der Waals surface area contributed by atoms with Crippen LogP contribution in [0.5, 0.6) is 5.75 Å². The largest absolute Gasteiger partial charge is 0.491 e. The maximum Gasteiger partial charge on any atom is 0.119 e. The van der Waals surface area contributed by atoms with E-state index < -0.39 is 0 Å². The second-order valence-corrected chi connectivity index (χ2v) is 4.70. The molecule has 0 spiro atoms. The molecule has 0 aliphatic heterocycles. The fourth-order valence-corrected chi connectivity index (χ4v) is 2.02. The first-order valence-electron chi connectivity index (χ1n) is 6.83. The maximum absolute atomic E-state index is 8.93. The van der Waals surface area contributed by atoms with Crippen LogP contribution in [-0.2, 0) is 0 Å². The van der Waals surface area contributed by atoms with Gasteiger partial charge in [-0.1, -0.05) is 12.1 Å². The van der Waals surface area contributed by atoms with Crippen molar-refractivity contribution >= 4 is 5.69 Å². The number of nitrogens with one attached hydrogen (secondary N) is 1. The fraction of sp³-hybridized carbons (Fsp3) is 0.235. The first-order chi connectivity index (χ1) is 10.2. The summed E-state index contributed by atoms with van der Waals surface area (Å²) < 4.78 is 5.32. The zero-order valence-corrected chi connectivity index (χ0v) is 11.9. The van der Waals surface area contributed by atoms with Crippen molar-refractivity contribution in [1.82, 2.24) is 0 Å². The van der Waals surface area contributed by atoms with E-state index in [1.807, 2.05) is 49.4 Å². The molecule has 0 amide bonds. The molecule has 2 rings (SSSR count). The molecule has 4 nitrogen and oxygen atoms in total.